The predicted octanol–water partition coefficient (Wildman–Crippen LogP) is 5.12. The Bertz CT molecular complexity index is 293. The summed E-state index contributed by atoms with van der Waals surface area (Å²) < 4.78 is 2.50. The van der Waals surface area contributed by atoms with Crippen LogP contribution >= 0.6 is 33.2 Å². The first-order chi connectivity index (χ1) is 7.94. The minimum Gasteiger partial charge on any atom is -0.336 e. The molecular weight excluding hydrogens is 337 g/mol. The molecule has 0 aromatic rings. The monoisotopic (exact) mass is 359 g/mol. The first-order valence-electron chi connectivity index (χ1n) is 6.07. The van der Waals surface area contributed by atoms with Gasteiger partial charge in [0.05, 0.1) is 0 Å². The highest BCUT2D eigenvalue weighted by Crippen LogP contribution is 2.36. The van der Waals surface area contributed by atoms with E-state index in [0.717, 1.165) is 6.42 Å². The van der Waals surface area contributed by atoms with E-state index in [4.69, 9.17) is 33.2 Å². The molecule has 0 aliphatic carbocycles. The maximum Gasteiger partial charge on any atom is 0.356 e. The molecule has 0 aliphatic rings. The summed E-state index contributed by atoms with van der Waals surface area (Å²) in [5, 5.41) is 0. The van der Waals surface area contributed by atoms with Gasteiger partial charge < -0.3 is 4.23 Å². The van der Waals surface area contributed by atoms with Gasteiger partial charge in [0.15, 0.2) is 0 Å². The number of halogens is 3. The highest BCUT2D eigenvalue weighted by molar-refractivity contribution is 7.65. The van der Waals surface area contributed by atoms with Gasteiger partial charge in [-0.2, -0.15) is 0 Å². The molecule has 1 unspecified atom stereocenters. The van der Waals surface area contributed by atoms with Crippen molar-refractivity contribution >= 4 is 55.7 Å². The average Bonchev–Trinajstić information content (AvgIpc) is 2.23. The number of hydrogen-bond acceptors (Lipinski definition) is 1. The zero-order valence-electron chi connectivity index (χ0n) is 11.9. The molecule has 0 aromatic carbocycles. The van der Waals surface area contributed by atoms with E-state index in [-0.39, 0.29) is 5.67 Å². The van der Waals surface area contributed by atoms with E-state index in [2.05, 4.69) is 61.9 Å². The summed E-state index contributed by atoms with van der Waals surface area (Å²) in [5.74, 6) is 0. The fraction of sp³-hybridized carbons (Fsp3) is 0.636. The Labute approximate surface area is 129 Å². The lowest BCUT2D eigenvalue weighted by Crippen LogP contribution is -2.68. The second-order valence-corrected chi connectivity index (χ2v) is 23.2. The molecule has 0 spiro atoms. The molecule has 0 aliphatic heterocycles. The molecule has 0 saturated carbocycles. The van der Waals surface area contributed by atoms with E-state index in [1.807, 2.05) is 0 Å². The SMILES string of the molecule is C=C[Si](C)(C)N(C(CC)[Si](Cl)(Cl)Cl)[Si](C)(C)C=C. The minimum absolute atomic E-state index is 0.0434. The summed E-state index contributed by atoms with van der Waals surface area (Å²) in [6.07, 6.45) is 0.858. The third kappa shape index (κ3) is 4.51. The predicted molar refractivity (Wildman–Crippen MR) is 94.6 cm³/mol. The summed E-state index contributed by atoms with van der Waals surface area (Å²) in [4.78, 5) is 0. The zero-order valence-corrected chi connectivity index (χ0v) is 17.2. The quantitative estimate of drug-likeness (QED) is 0.449. The molecule has 0 N–H and O–H groups in total. The van der Waals surface area contributed by atoms with Crippen molar-refractivity contribution in [1.82, 2.24) is 4.23 Å². The Morgan fingerprint density at radius 1 is 1.00 bits per heavy atom. The Hall–Kier alpha value is 0.961. The van der Waals surface area contributed by atoms with E-state index >= 15 is 0 Å². The lowest BCUT2D eigenvalue weighted by molar-refractivity contribution is 0.547. The van der Waals surface area contributed by atoms with Crippen LogP contribution in [-0.2, 0) is 0 Å². The number of rotatable bonds is 7. The Balaban J connectivity index is 5.76. The Morgan fingerprint density at radius 2 is 1.33 bits per heavy atom. The normalized spacial score (nSPS) is 15.6. The fourth-order valence-electron chi connectivity index (χ4n) is 2.30. The maximum atomic E-state index is 6.32. The largest absolute Gasteiger partial charge is 0.356 e. The molecule has 1 nitrogen and oxygen atoms in total. The van der Waals surface area contributed by atoms with Crippen LogP contribution in [0.1, 0.15) is 13.3 Å². The van der Waals surface area contributed by atoms with Crippen LogP contribution < -0.4 is 0 Å². The first kappa shape index (κ1) is 19.0. The summed E-state index contributed by atoms with van der Waals surface area (Å²) in [7, 11) is -3.58. The van der Waals surface area contributed by atoms with Crippen LogP contribution in [0.3, 0.4) is 0 Å². The molecular formula is C11H24Cl3NSi3. The zero-order chi connectivity index (χ0) is 14.8. The van der Waals surface area contributed by atoms with Gasteiger partial charge in [-0.15, -0.1) is 46.4 Å². The Kier molecular flexibility index (Phi) is 6.96. The van der Waals surface area contributed by atoms with Gasteiger partial charge in [-0.3, -0.25) is 0 Å². The second-order valence-electron chi connectivity index (χ2n) is 5.55. The van der Waals surface area contributed by atoms with Crippen molar-refractivity contribution in [2.24, 2.45) is 0 Å². The van der Waals surface area contributed by atoms with Crippen molar-refractivity contribution < 1.29 is 0 Å². The first-order valence-corrected chi connectivity index (χ1v) is 17.2. The van der Waals surface area contributed by atoms with Gasteiger partial charge >= 0.3 is 6.00 Å². The highest BCUT2D eigenvalue weighted by atomic mass is 35.8. The van der Waals surface area contributed by atoms with E-state index in [0.29, 0.717) is 0 Å². The van der Waals surface area contributed by atoms with Gasteiger partial charge in [-0.25, -0.2) is 0 Å². The smallest absolute Gasteiger partial charge is 0.336 e. The van der Waals surface area contributed by atoms with Gasteiger partial charge in [-0.1, -0.05) is 44.5 Å². The molecule has 0 amide bonds. The molecule has 0 saturated heterocycles. The van der Waals surface area contributed by atoms with Gasteiger partial charge in [0, 0.05) is 5.67 Å². The van der Waals surface area contributed by atoms with Gasteiger partial charge in [0.1, 0.15) is 16.5 Å². The van der Waals surface area contributed by atoms with Gasteiger partial charge in [-0.05, 0) is 6.42 Å². The van der Waals surface area contributed by atoms with Crippen molar-refractivity contribution in [1.29, 1.82) is 0 Å². The molecule has 0 rings (SSSR count). The fourth-order valence-corrected chi connectivity index (χ4v) is 18.8. The number of nitrogens with zero attached hydrogens (tertiary/aromatic N) is 1. The maximum absolute atomic E-state index is 6.32. The summed E-state index contributed by atoms with van der Waals surface area (Å²) in [6, 6.07) is -2.79. The highest BCUT2D eigenvalue weighted by Gasteiger charge is 2.49. The standard InChI is InChI=1S/C11H24Cl3NSi3/c1-8-11(18(12,13)14)15(16(4,5)9-2)17(6,7)10-3/h9-11H,2-3,8H2,1,4-7H3. The van der Waals surface area contributed by atoms with Crippen molar-refractivity contribution in [3.63, 3.8) is 0 Å². The second kappa shape index (κ2) is 6.61. The van der Waals surface area contributed by atoms with E-state index in [9.17, 15) is 0 Å². The average molecular weight is 361 g/mol. The van der Waals surface area contributed by atoms with Crippen LogP contribution in [0.4, 0.5) is 0 Å². The van der Waals surface area contributed by atoms with Crippen molar-refractivity contribution in [2.75, 3.05) is 0 Å². The summed E-state index contributed by atoms with van der Waals surface area (Å²) >= 11 is 19.0. The third-order valence-corrected chi connectivity index (χ3v) is 16.1. The van der Waals surface area contributed by atoms with Crippen LogP contribution in [0.15, 0.2) is 24.6 Å². The van der Waals surface area contributed by atoms with Crippen LogP contribution in [0.5, 0.6) is 0 Å². The lowest BCUT2D eigenvalue weighted by Gasteiger charge is -2.50. The number of hydrogen-bond donors (Lipinski definition) is 0. The van der Waals surface area contributed by atoms with Gasteiger partial charge in [0.2, 0.25) is 0 Å². The molecule has 7 heteroatoms. The van der Waals surface area contributed by atoms with Crippen molar-refractivity contribution in [3.05, 3.63) is 24.6 Å². The molecule has 0 aromatic heterocycles. The third-order valence-electron chi connectivity index (χ3n) is 3.32. The van der Waals surface area contributed by atoms with Gasteiger partial charge in [0.25, 0.3) is 0 Å². The molecule has 0 heterocycles. The van der Waals surface area contributed by atoms with E-state index < -0.39 is 22.5 Å². The van der Waals surface area contributed by atoms with E-state index in [1.165, 1.54) is 0 Å². The van der Waals surface area contributed by atoms with Crippen LogP contribution in [0, 0.1) is 0 Å². The lowest BCUT2D eigenvalue weighted by atomic mass is 10.5. The molecule has 0 bridgehead atoms. The Morgan fingerprint density at radius 3 is 1.50 bits per heavy atom. The minimum atomic E-state index is -2.79. The summed E-state index contributed by atoms with van der Waals surface area (Å²) in [5.41, 5.74) is 4.18. The van der Waals surface area contributed by atoms with Crippen LogP contribution in [0.2, 0.25) is 26.2 Å². The van der Waals surface area contributed by atoms with Crippen LogP contribution in [-0.4, -0.2) is 32.4 Å². The molecule has 106 valence electrons. The van der Waals surface area contributed by atoms with Crippen molar-refractivity contribution in [3.8, 4) is 0 Å². The molecule has 1 atom stereocenters. The van der Waals surface area contributed by atoms with Crippen molar-refractivity contribution in [2.45, 2.75) is 45.2 Å². The summed E-state index contributed by atoms with van der Waals surface area (Å²) in [6.45, 7) is 19.1. The molecule has 0 radical (unpaired) electrons. The molecule has 0 fully saturated rings. The molecule has 18 heavy (non-hydrogen) atoms. The van der Waals surface area contributed by atoms with E-state index in [1.54, 1.807) is 0 Å². The van der Waals surface area contributed by atoms with Crippen LogP contribution in [0.25, 0.3) is 0 Å². The topological polar surface area (TPSA) is 3.24 Å².